The summed E-state index contributed by atoms with van der Waals surface area (Å²) in [6, 6.07) is 9.24. The number of para-hydroxylation sites is 1. The minimum absolute atomic E-state index is 0.0393. The first-order chi connectivity index (χ1) is 13.5. The van der Waals surface area contributed by atoms with E-state index in [-0.39, 0.29) is 17.4 Å². The number of hydrogen-bond acceptors (Lipinski definition) is 2. The molecule has 144 valence electrons. The van der Waals surface area contributed by atoms with Crippen LogP contribution in [0.5, 0.6) is 0 Å². The summed E-state index contributed by atoms with van der Waals surface area (Å²) in [4.78, 5) is 26.0. The van der Waals surface area contributed by atoms with Gasteiger partial charge in [0.25, 0.3) is 0 Å². The van der Waals surface area contributed by atoms with Gasteiger partial charge in [-0.1, -0.05) is 41.5 Å². The second-order valence-electron chi connectivity index (χ2n) is 9.31. The monoisotopic (exact) mass is 375 g/mol. The number of fused-ring (bicyclic) bond motifs is 3. The van der Waals surface area contributed by atoms with Gasteiger partial charge in [0.2, 0.25) is 0 Å². The molecular weight excluding hydrogens is 350 g/mol. The molecule has 1 N–H and O–H groups in total. The van der Waals surface area contributed by atoms with Crippen LogP contribution in [0.15, 0.2) is 63.2 Å². The Morgan fingerprint density at radius 1 is 1.07 bits per heavy atom. The Balaban J connectivity index is 1.50. The molecule has 2 bridgehead atoms. The van der Waals surface area contributed by atoms with Gasteiger partial charge in [-0.25, -0.2) is 23.9 Å². The van der Waals surface area contributed by atoms with E-state index in [0.717, 1.165) is 6.42 Å². The first-order valence-corrected chi connectivity index (χ1v) is 10.4. The minimum atomic E-state index is -0.349. The lowest BCUT2D eigenvalue weighted by Gasteiger charge is -2.26. The van der Waals surface area contributed by atoms with Crippen LogP contribution >= 0.6 is 0 Å². The number of nitrogens with one attached hydrogen (secondary N) is 1. The van der Waals surface area contributed by atoms with Crippen molar-refractivity contribution in [2.45, 2.75) is 39.2 Å². The maximum absolute atomic E-state index is 13.3. The molecule has 1 aromatic carbocycles. The van der Waals surface area contributed by atoms with Crippen LogP contribution in [0.1, 0.15) is 39.2 Å². The molecule has 1 heterocycles. The Hall–Kier alpha value is -2.56. The van der Waals surface area contributed by atoms with Crippen LogP contribution in [-0.2, 0) is 0 Å². The average Bonchev–Trinajstić information content (AvgIpc) is 3.02. The first kappa shape index (κ1) is 16.4. The van der Waals surface area contributed by atoms with Crippen molar-refractivity contribution >= 4 is 0 Å². The highest BCUT2D eigenvalue weighted by atomic mass is 16.2. The van der Waals surface area contributed by atoms with E-state index in [0.29, 0.717) is 34.8 Å². The molecule has 5 heteroatoms. The van der Waals surface area contributed by atoms with E-state index in [1.165, 1.54) is 28.6 Å². The summed E-state index contributed by atoms with van der Waals surface area (Å²) < 4.78 is 2.92. The van der Waals surface area contributed by atoms with Crippen LogP contribution in [0.2, 0.25) is 0 Å². The molecule has 1 aromatic heterocycles. The summed E-state index contributed by atoms with van der Waals surface area (Å²) in [5.41, 5.74) is 3.37. The van der Waals surface area contributed by atoms with Gasteiger partial charge in [-0.05, 0) is 74.3 Å². The van der Waals surface area contributed by atoms with Crippen molar-refractivity contribution in [2.75, 3.05) is 0 Å². The Morgan fingerprint density at radius 2 is 1.79 bits per heavy atom. The van der Waals surface area contributed by atoms with E-state index in [9.17, 15) is 9.59 Å². The molecule has 0 aliphatic heterocycles. The fraction of sp³-hybridized carbons (Fsp3) is 0.478. The van der Waals surface area contributed by atoms with Gasteiger partial charge >= 0.3 is 11.4 Å². The Bertz CT molecular complexity index is 1140. The zero-order chi connectivity index (χ0) is 19.2. The van der Waals surface area contributed by atoms with Crippen molar-refractivity contribution in [1.82, 2.24) is 14.3 Å². The smallest absolute Gasteiger partial charge is 0.246 e. The second-order valence-corrected chi connectivity index (χ2v) is 9.31. The molecule has 5 nitrogen and oxygen atoms in total. The normalized spacial score (nSPS) is 33.6. The van der Waals surface area contributed by atoms with Crippen LogP contribution in [0.3, 0.4) is 0 Å². The third kappa shape index (κ3) is 1.87. The van der Waals surface area contributed by atoms with Crippen LogP contribution in [0.25, 0.3) is 5.69 Å². The van der Waals surface area contributed by atoms with Crippen LogP contribution in [-0.4, -0.2) is 14.3 Å². The quantitative estimate of drug-likeness (QED) is 0.818. The number of allylic oxidation sites excluding steroid dienone is 4. The minimum Gasteiger partial charge on any atom is -0.246 e. The Morgan fingerprint density at radius 3 is 2.46 bits per heavy atom. The molecule has 3 fully saturated rings. The van der Waals surface area contributed by atoms with E-state index in [1.807, 2.05) is 18.2 Å². The molecule has 0 amide bonds. The van der Waals surface area contributed by atoms with Crippen LogP contribution in [0.4, 0.5) is 0 Å². The SMILES string of the molecule is CC(C)=C1C[C@@H](n2[nH]c(=O)n(-c3ccccc3)c2=O)[C@H]2[C@@H]1[C@@H]1C=C[C@@H]2C12CC2. The molecule has 28 heavy (non-hydrogen) atoms. The maximum atomic E-state index is 13.3. The van der Waals surface area contributed by atoms with Gasteiger partial charge in [0, 0.05) is 0 Å². The summed E-state index contributed by atoms with van der Waals surface area (Å²) in [7, 11) is 0. The highest BCUT2D eigenvalue weighted by molar-refractivity contribution is 5.39. The molecule has 4 aliphatic carbocycles. The summed E-state index contributed by atoms with van der Waals surface area (Å²) >= 11 is 0. The number of rotatable bonds is 2. The number of aromatic amines is 1. The summed E-state index contributed by atoms with van der Waals surface area (Å²) in [6.45, 7) is 4.40. The van der Waals surface area contributed by atoms with Gasteiger partial charge in [-0.15, -0.1) is 0 Å². The van der Waals surface area contributed by atoms with Crippen LogP contribution < -0.4 is 11.4 Å². The highest BCUT2D eigenvalue weighted by Gasteiger charge is 2.70. The molecule has 1 spiro atoms. The molecular formula is C23H25N3O2. The Kier molecular flexibility index (Phi) is 3.09. The molecule has 5 atom stereocenters. The molecule has 4 aliphatic rings. The zero-order valence-electron chi connectivity index (χ0n) is 16.3. The summed E-state index contributed by atoms with van der Waals surface area (Å²) in [5, 5.41) is 2.90. The molecule has 0 saturated heterocycles. The van der Waals surface area contributed by atoms with E-state index in [2.05, 4.69) is 31.1 Å². The van der Waals surface area contributed by atoms with Crippen molar-refractivity contribution in [3.8, 4) is 5.69 Å². The fourth-order valence-electron chi connectivity index (χ4n) is 6.76. The Labute approximate surface area is 163 Å². The first-order valence-electron chi connectivity index (χ1n) is 10.4. The van der Waals surface area contributed by atoms with E-state index in [1.54, 1.807) is 16.8 Å². The third-order valence-corrected chi connectivity index (χ3v) is 7.98. The summed E-state index contributed by atoms with van der Waals surface area (Å²) in [5.74, 6) is 2.11. The van der Waals surface area contributed by atoms with Crippen molar-refractivity contribution < 1.29 is 0 Å². The number of H-pyrrole nitrogens is 1. The van der Waals surface area contributed by atoms with Gasteiger partial charge in [-0.3, -0.25) is 0 Å². The van der Waals surface area contributed by atoms with Gasteiger partial charge < -0.3 is 0 Å². The van der Waals surface area contributed by atoms with Crippen molar-refractivity contribution in [1.29, 1.82) is 0 Å². The summed E-state index contributed by atoms with van der Waals surface area (Å²) in [6.07, 6.45) is 8.35. The van der Waals surface area contributed by atoms with Crippen molar-refractivity contribution in [3.05, 3.63) is 74.6 Å². The largest absolute Gasteiger partial charge is 0.351 e. The van der Waals surface area contributed by atoms with Crippen molar-refractivity contribution in [2.24, 2.45) is 29.1 Å². The van der Waals surface area contributed by atoms with Gasteiger partial charge in [0.1, 0.15) is 0 Å². The van der Waals surface area contributed by atoms with E-state index in [4.69, 9.17) is 0 Å². The second kappa shape index (κ2) is 5.28. The number of aromatic nitrogens is 3. The average molecular weight is 375 g/mol. The molecule has 0 radical (unpaired) electrons. The molecule has 2 aromatic rings. The highest BCUT2D eigenvalue weighted by Crippen LogP contribution is 2.77. The molecule has 6 rings (SSSR count). The number of benzene rings is 1. The van der Waals surface area contributed by atoms with Crippen LogP contribution in [0, 0.1) is 29.1 Å². The van der Waals surface area contributed by atoms with Gasteiger partial charge in [0.15, 0.2) is 0 Å². The lowest BCUT2D eigenvalue weighted by atomic mass is 9.82. The number of hydrogen-bond donors (Lipinski definition) is 1. The molecule has 0 unspecified atom stereocenters. The maximum Gasteiger partial charge on any atom is 0.351 e. The van der Waals surface area contributed by atoms with E-state index >= 15 is 0 Å². The standard InChI is InChI=1S/C23H25N3O2/c1-13(2)15-12-18(20-17-9-8-16(19(15)20)23(17)10-11-23)26-22(28)25(21(27)24-26)14-6-4-3-5-7-14/h3-9,16-20H,10-12H2,1-2H3,(H,24,27)/t16-,17-,18+,19-,20-/m0/s1. The predicted molar refractivity (Wildman–Crippen MR) is 107 cm³/mol. The lowest BCUT2D eigenvalue weighted by Crippen LogP contribution is -2.32. The number of nitrogens with zero attached hydrogens (tertiary/aromatic N) is 2. The zero-order valence-corrected chi connectivity index (χ0v) is 16.3. The lowest BCUT2D eigenvalue weighted by molar-refractivity contribution is 0.254. The molecule has 3 saturated carbocycles. The third-order valence-electron chi connectivity index (χ3n) is 7.98. The van der Waals surface area contributed by atoms with Gasteiger partial charge in [-0.2, -0.15) is 0 Å². The topological polar surface area (TPSA) is 59.8 Å². The van der Waals surface area contributed by atoms with Crippen molar-refractivity contribution in [3.63, 3.8) is 0 Å². The predicted octanol–water partition coefficient (Wildman–Crippen LogP) is 3.44. The fourth-order valence-corrected chi connectivity index (χ4v) is 6.76. The van der Waals surface area contributed by atoms with E-state index < -0.39 is 0 Å². The van der Waals surface area contributed by atoms with Gasteiger partial charge in [0.05, 0.1) is 11.7 Å².